The first-order valence-corrected chi connectivity index (χ1v) is 25.8. The highest BCUT2D eigenvalue weighted by atomic mass is 16.6. The van der Waals surface area contributed by atoms with Gasteiger partial charge in [0.15, 0.2) is 6.10 Å². The van der Waals surface area contributed by atoms with Crippen molar-refractivity contribution in [1.29, 1.82) is 0 Å². The number of hydrogen-bond donors (Lipinski definition) is 0. The van der Waals surface area contributed by atoms with Crippen LogP contribution in [0.3, 0.4) is 0 Å². The Bertz CT molecular complexity index is 958. The third-order valence-corrected chi connectivity index (χ3v) is 11.4. The number of rotatable bonds is 47. The molecule has 0 heterocycles. The molecule has 0 saturated carbocycles. The molecule has 59 heavy (non-hydrogen) atoms. The first kappa shape index (κ1) is 56.9. The van der Waals surface area contributed by atoms with E-state index in [9.17, 15) is 14.4 Å². The van der Waals surface area contributed by atoms with Gasteiger partial charge in [0.25, 0.3) is 0 Å². The van der Waals surface area contributed by atoms with E-state index in [-0.39, 0.29) is 31.1 Å². The van der Waals surface area contributed by atoms with Gasteiger partial charge >= 0.3 is 17.9 Å². The number of carbonyl (C=O) groups is 3. The van der Waals surface area contributed by atoms with Crippen molar-refractivity contribution in [3.63, 3.8) is 0 Å². The maximum absolute atomic E-state index is 12.8. The zero-order valence-corrected chi connectivity index (χ0v) is 39.5. The lowest BCUT2D eigenvalue weighted by Gasteiger charge is -2.18. The number of esters is 3. The van der Waals surface area contributed by atoms with Crippen LogP contribution in [0.25, 0.3) is 0 Å². The van der Waals surface area contributed by atoms with E-state index in [0.717, 1.165) is 57.8 Å². The molecule has 0 aliphatic rings. The van der Waals surface area contributed by atoms with Crippen molar-refractivity contribution in [2.45, 2.75) is 284 Å². The fraction of sp³-hybridized carbons (Fsp3) is 0.868. The van der Waals surface area contributed by atoms with Crippen molar-refractivity contribution in [3.05, 3.63) is 24.3 Å². The monoisotopic (exact) mass is 831 g/mol. The van der Waals surface area contributed by atoms with E-state index in [2.05, 4.69) is 45.1 Å². The summed E-state index contributed by atoms with van der Waals surface area (Å²) in [5.41, 5.74) is 0. The van der Waals surface area contributed by atoms with Crippen LogP contribution in [0.15, 0.2) is 24.3 Å². The predicted molar refractivity (Wildman–Crippen MR) is 252 cm³/mol. The molecule has 0 aliphatic carbocycles. The summed E-state index contributed by atoms with van der Waals surface area (Å²) in [7, 11) is 0. The lowest BCUT2D eigenvalue weighted by Crippen LogP contribution is -2.30. The van der Waals surface area contributed by atoms with Crippen molar-refractivity contribution < 1.29 is 28.6 Å². The Morgan fingerprint density at radius 2 is 0.559 bits per heavy atom. The third-order valence-electron chi connectivity index (χ3n) is 11.4. The van der Waals surface area contributed by atoms with E-state index in [0.29, 0.717) is 19.3 Å². The second-order valence-corrected chi connectivity index (χ2v) is 17.4. The van der Waals surface area contributed by atoms with Crippen LogP contribution >= 0.6 is 0 Å². The van der Waals surface area contributed by atoms with Gasteiger partial charge in [-0.3, -0.25) is 14.4 Å². The molecule has 0 spiro atoms. The van der Waals surface area contributed by atoms with Gasteiger partial charge in [-0.1, -0.05) is 212 Å². The molecule has 0 fully saturated rings. The zero-order chi connectivity index (χ0) is 43.0. The van der Waals surface area contributed by atoms with Crippen molar-refractivity contribution in [1.82, 2.24) is 0 Å². The molecule has 0 aromatic carbocycles. The molecule has 6 heteroatoms. The van der Waals surface area contributed by atoms with Crippen LogP contribution in [0.5, 0.6) is 0 Å². The van der Waals surface area contributed by atoms with Crippen LogP contribution < -0.4 is 0 Å². The van der Waals surface area contributed by atoms with E-state index in [4.69, 9.17) is 14.2 Å². The van der Waals surface area contributed by atoms with Gasteiger partial charge < -0.3 is 14.2 Å². The largest absolute Gasteiger partial charge is 0.462 e. The van der Waals surface area contributed by atoms with E-state index in [1.54, 1.807) is 0 Å². The summed E-state index contributed by atoms with van der Waals surface area (Å²) in [6, 6.07) is 0. The molecule has 0 aromatic rings. The Morgan fingerprint density at radius 1 is 0.322 bits per heavy atom. The minimum absolute atomic E-state index is 0.0719. The van der Waals surface area contributed by atoms with E-state index in [1.807, 2.05) is 0 Å². The minimum Gasteiger partial charge on any atom is -0.462 e. The Labute approximate surface area is 366 Å². The van der Waals surface area contributed by atoms with Crippen LogP contribution in [0, 0.1) is 0 Å². The molecule has 0 saturated heterocycles. The predicted octanol–water partition coefficient (Wildman–Crippen LogP) is 16.8. The molecule has 0 aromatic heterocycles. The van der Waals surface area contributed by atoms with Gasteiger partial charge in [0.2, 0.25) is 0 Å². The summed E-state index contributed by atoms with van der Waals surface area (Å²) in [4.78, 5) is 37.8. The molecule has 1 unspecified atom stereocenters. The smallest absolute Gasteiger partial charge is 0.306 e. The van der Waals surface area contributed by atoms with Crippen LogP contribution in [0.2, 0.25) is 0 Å². The average molecular weight is 831 g/mol. The number of unbranched alkanes of at least 4 members (excludes halogenated alkanes) is 32. The molecule has 0 N–H and O–H groups in total. The molecule has 0 amide bonds. The highest BCUT2D eigenvalue weighted by Crippen LogP contribution is 2.15. The van der Waals surface area contributed by atoms with Crippen LogP contribution in [0.1, 0.15) is 278 Å². The summed E-state index contributed by atoms with van der Waals surface area (Å²) in [6.07, 6.45) is 54.6. The topological polar surface area (TPSA) is 78.9 Å². The SMILES string of the molecule is CCCCCCCC/C=C\CCCCCCCCCC(=O)OCC(COC(=O)CCCCCCCCC)OC(=O)CCCCCCCCC/C=C\CCCCCCCC. The summed E-state index contributed by atoms with van der Waals surface area (Å²) in [5, 5.41) is 0. The molecule has 0 aliphatic heterocycles. The van der Waals surface area contributed by atoms with Crippen molar-refractivity contribution in [2.24, 2.45) is 0 Å². The van der Waals surface area contributed by atoms with E-state index >= 15 is 0 Å². The van der Waals surface area contributed by atoms with Crippen LogP contribution in [-0.2, 0) is 28.6 Å². The Morgan fingerprint density at radius 3 is 0.847 bits per heavy atom. The van der Waals surface area contributed by atoms with Gasteiger partial charge in [-0.15, -0.1) is 0 Å². The Balaban J connectivity index is 4.24. The average Bonchev–Trinajstić information content (AvgIpc) is 3.23. The summed E-state index contributed by atoms with van der Waals surface area (Å²) in [6.45, 7) is 6.60. The fourth-order valence-corrected chi connectivity index (χ4v) is 7.49. The molecule has 6 nitrogen and oxygen atoms in total. The maximum atomic E-state index is 12.8. The van der Waals surface area contributed by atoms with Crippen LogP contribution in [-0.4, -0.2) is 37.2 Å². The van der Waals surface area contributed by atoms with Gasteiger partial charge in [-0.2, -0.15) is 0 Å². The molecule has 1 atom stereocenters. The number of hydrogen-bond acceptors (Lipinski definition) is 6. The lowest BCUT2D eigenvalue weighted by molar-refractivity contribution is -0.167. The maximum Gasteiger partial charge on any atom is 0.306 e. The number of allylic oxidation sites excluding steroid dienone is 4. The van der Waals surface area contributed by atoms with Crippen molar-refractivity contribution in [3.8, 4) is 0 Å². The molecular formula is C53H98O6. The highest BCUT2D eigenvalue weighted by Gasteiger charge is 2.19. The third kappa shape index (κ3) is 46.8. The molecular weight excluding hydrogens is 733 g/mol. The van der Waals surface area contributed by atoms with Gasteiger partial charge in [-0.05, 0) is 70.6 Å². The molecule has 0 rings (SSSR count). The first-order chi connectivity index (χ1) is 29.0. The standard InChI is InChI=1S/C53H98O6/c1-4-7-10-13-16-18-20-22-24-26-28-30-32-34-37-40-43-46-52(55)58-49-50(48-57-51(54)45-42-39-36-15-12-9-6-3)59-53(56)47-44-41-38-35-33-31-29-27-25-23-21-19-17-14-11-8-5-2/h22-25,50H,4-21,26-49H2,1-3H3/b24-22-,25-23-. The zero-order valence-electron chi connectivity index (χ0n) is 39.5. The normalized spacial score (nSPS) is 12.1. The van der Waals surface area contributed by atoms with Gasteiger partial charge in [0.05, 0.1) is 0 Å². The Hall–Kier alpha value is -2.11. The quantitative estimate of drug-likeness (QED) is 0.0263. The number of ether oxygens (including phenoxy) is 3. The summed E-state index contributed by atoms with van der Waals surface area (Å²) in [5.74, 6) is -0.876. The van der Waals surface area contributed by atoms with Crippen LogP contribution in [0.4, 0.5) is 0 Å². The summed E-state index contributed by atoms with van der Waals surface area (Å²) < 4.78 is 16.7. The molecule has 0 radical (unpaired) electrons. The van der Waals surface area contributed by atoms with Gasteiger partial charge in [0, 0.05) is 19.3 Å². The molecule has 0 bridgehead atoms. The van der Waals surface area contributed by atoms with E-state index < -0.39 is 6.10 Å². The van der Waals surface area contributed by atoms with Crippen molar-refractivity contribution in [2.75, 3.05) is 13.2 Å². The van der Waals surface area contributed by atoms with E-state index in [1.165, 1.54) is 180 Å². The van der Waals surface area contributed by atoms with Crippen molar-refractivity contribution >= 4 is 17.9 Å². The van der Waals surface area contributed by atoms with Gasteiger partial charge in [-0.25, -0.2) is 0 Å². The first-order valence-electron chi connectivity index (χ1n) is 25.8. The van der Waals surface area contributed by atoms with Gasteiger partial charge in [0.1, 0.15) is 13.2 Å². The Kier molecular flexibility index (Phi) is 46.8. The second-order valence-electron chi connectivity index (χ2n) is 17.4. The minimum atomic E-state index is -0.769. The summed E-state index contributed by atoms with van der Waals surface area (Å²) >= 11 is 0. The molecule has 346 valence electrons. The highest BCUT2D eigenvalue weighted by molar-refractivity contribution is 5.71. The fourth-order valence-electron chi connectivity index (χ4n) is 7.49. The second kappa shape index (κ2) is 48.6. The number of carbonyl (C=O) groups excluding carboxylic acids is 3. The lowest BCUT2D eigenvalue weighted by atomic mass is 10.1.